The highest BCUT2D eigenvalue weighted by Gasteiger charge is 2.27. The average Bonchev–Trinajstić information content (AvgIpc) is 3.12. The third-order valence-corrected chi connectivity index (χ3v) is 5.19. The Morgan fingerprint density at radius 1 is 1.11 bits per heavy atom. The molecule has 0 saturated carbocycles. The van der Waals surface area contributed by atoms with Gasteiger partial charge >= 0.3 is 0 Å². The van der Waals surface area contributed by atoms with E-state index in [1.54, 1.807) is 0 Å². The Labute approximate surface area is 160 Å². The fraction of sp³-hybridized carbons (Fsp3) is 0.421. The highest BCUT2D eigenvalue weighted by Crippen LogP contribution is 2.37. The number of halogens is 3. The van der Waals surface area contributed by atoms with Gasteiger partial charge in [-0.1, -0.05) is 6.92 Å². The summed E-state index contributed by atoms with van der Waals surface area (Å²) in [4.78, 5) is 10.5. The largest absolute Gasteiger partial charge is 0.480 e. The Morgan fingerprint density at radius 3 is 2.43 bits per heavy atom. The zero-order chi connectivity index (χ0) is 19.8. The van der Waals surface area contributed by atoms with Gasteiger partial charge in [-0.05, 0) is 31.8 Å². The Hall–Kier alpha value is -2.68. The van der Waals surface area contributed by atoms with E-state index in [-0.39, 0.29) is 22.8 Å². The molecule has 0 bridgehead atoms. The lowest BCUT2D eigenvalue weighted by molar-refractivity contribution is 0.182. The number of fused-ring (bicyclic) bond motifs is 1. The highest BCUT2D eigenvalue weighted by atomic mass is 19.1. The number of hydrogen-bond donors (Lipinski definition) is 0. The monoisotopic (exact) mass is 391 g/mol. The van der Waals surface area contributed by atoms with Crippen LogP contribution in [0.1, 0.15) is 25.5 Å². The summed E-state index contributed by atoms with van der Waals surface area (Å²) in [5, 5.41) is 4.18. The van der Waals surface area contributed by atoms with Gasteiger partial charge in [0, 0.05) is 18.7 Å². The van der Waals surface area contributed by atoms with Gasteiger partial charge in [0.05, 0.1) is 23.9 Å². The van der Waals surface area contributed by atoms with E-state index in [1.807, 2.05) is 0 Å². The normalized spacial score (nSPS) is 16.0. The third-order valence-electron chi connectivity index (χ3n) is 5.19. The first-order chi connectivity index (χ1) is 13.5. The number of rotatable bonds is 4. The van der Waals surface area contributed by atoms with Crippen molar-refractivity contribution in [2.24, 2.45) is 5.92 Å². The van der Waals surface area contributed by atoms with Crippen LogP contribution in [0.2, 0.25) is 0 Å². The van der Waals surface area contributed by atoms with Gasteiger partial charge in [0.25, 0.3) is 5.78 Å². The van der Waals surface area contributed by atoms with Crippen LogP contribution in [0.5, 0.6) is 5.88 Å². The molecule has 0 spiro atoms. The zero-order valence-electron chi connectivity index (χ0n) is 15.6. The average molecular weight is 391 g/mol. The minimum Gasteiger partial charge on any atom is -0.480 e. The molecule has 0 radical (unpaired) electrons. The fourth-order valence-electron chi connectivity index (χ4n) is 3.64. The zero-order valence-corrected chi connectivity index (χ0v) is 15.6. The van der Waals surface area contributed by atoms with Crippen molar-refractivity contribution >= 4 is 5.78 Å². The summed E-state index contributed by atoms with van der Waals surface area (Å²) in [5.41, 5.74) is 0.232. The van der Waals surface area contributed by atoms with Crippen molar-refractivity contribution in [2.75, 3.05) is 20.2 Å². The van der Waals surface area contributed by atoms with E-state index in [1.165, 1.54) is 18.0 Å². The molecule has 0 amide bonds. The van der Waals surface area contributed by atoms with Gasteiger partial charge in [0.15, 0.2) is 0 Å². The van der Waals surface area contributed by atoms with Crippen LogP contribution in [-0.4, -0.2) is 44.7 Å². The maximum absolute atomic E-state index is 14.6. The number of benzene rings is 1. The molecule has 28 heavy (non-hydrogen) atoms. The first-order valence-electron chi connectivity index (χ1n) is 9.11. The Morgan fingerprint density at radius 2 is 1.79 bits per heavy atom. The molecule has 0 N–H and O–H groups in total. The molecule has 4 rings (SSSR count). The summed E-state index contributed by atoms with van der Waals surface area (Å²) in [6, 6.07) is 1.30. The molecular formula is C19H20F3N5O. The second-order valence-corrected chi connectivity index (χ2v) is 7.12. The summed E-state index contributed by atoms with van der Waals surface area (Å²) >= 11 is 0. The van der Waals surface area contributed by atoms with Crippen LogP contribution in [0.4, 0.5) is 13.2 Å². The molecule has 3 heterocycles. The van der Waals surface area contributed by atoms with E-state index in [2.05, 4.69) is 26.9 Å². The second kappa shape index (κ2) is 7.38. The molecule has 1 fully saturated rings. The minimum absolute atomic E-state index is 0.0188. The molecule has 9 heteroatoms. The maximum Gasteiger partial charge on any atom is 0.255 e. The van der Waals surface area contributed by atoms with Crippen LogP contribution in [-0.2, 0) is 6.54 Å². The highest BCUT2D eigenvalue weighted by molar-refractivity contribution is 5.73. The van der Waals surface area contributed by atoms with Crippen molar-refractivity contribution < 1.29 is 17.9 Å². The number of aromatic nitrogens is 4. The van der Waals surface area contributed by atoms with Crippen molar-refractivity contribution in [3.05, 3.63) is 41.6 Å². The summed E-state index contributed by atoms with van der Waals surface area (Å²) in [6.45, 7) is 4.31. The Bertz CT molecular complexity index is 991. The van der Waals surface area contributed by atoms with Crippen LogP contribution in [0, 0.1) is 23.4 Å². The summed E-state index contributed by atoms with van der Waals surface area (Å²) in [7, 11) is 1.37. The standard InChI is InChI=1S/C19H20F3N5O/c1-11-3-5-26(6-4-11)9-15-17(16-13(21)7-12(20)8-14(16)22)18(28-2)25-19-23-10-24-27(15)19/h7-8,10-11H,3-6,9H2,1-2H3. The Balaban J connectivity index is 1.92. The minimum atomic E-state index is -1.02. The van der Waals surface area contributed by atoms with E-state index in [0.29, 0.717) is 30.3 Å². The van der Waals surface area contributed by atoms with Gasteiger partial charge in [0.2, 0.25) is 5.88 Å². The molecule has 148 valence electrons. The van der Waals surface area contributed by atoms with Gasteiger partial charge in [-0.15, -0.1) is 0 Å². The van der Waals surface area contributed by atoms with Gasteiger partial charge < -0.3 is 4.74 Å². The van der Waals surface area contributed by atoms with Crippen LogP contribution in [0.25, 0.3) is 16.9 Å². The summed E-state index contributed by atoms with van der Waals surface area (Å²) in [6.07, 6.45) is 3.40. The molecule has 1 aliphatic rings. The van der Waals surface area contributed by atoms with Crippen LogP contribution in [0.3, 0.4) is 0 Å². The predicted octanol–water partition coefficient (Wildman–Crippen LogP) is 3.45. The summed E-state index contributed by atoms with van der Waals surface area (Å²) < 4.78 is 49.5. The van der Waals surface area contributed by atoms with Gasteiger partial charge in [0.1, 0.15) is 23.8 Å². The number of ether oxygens (including phenoxy) is 1. The summed E-state index contributed by atoms with van der Waals surface area (Å²) in [5.74, 6) is -2.11. The second-order valence-electron chi connectivity index (χ2n) is 7.12. The number of nitrogens with zero attached hydrogens (tertiary/aromatic N) is 5. The SMILES string of the molecule is COc1nc2ncnn2c(CN2CCC(C)CC2)c1-c1c(F)cc(F)cc1F. The number of likely N-dealkylation sites (tertiary alicyclic amines) is 1. The lowest BCUT2D eigenvalue weighted by Gasteiger charge is -2.30. The number of piperidine rings is 1. The van der Waals surface area contributed by atoms with Crippen molar-refractivity contribution in [2.45, 2.75) is 26.3 Å². The predicted molar refractivity (Wildman–Crippen MR) is 96.3 cm³/mol. The van der Waals surface area contributed by atoms with E-state index < -0.39 is 17.5 Å². The molecule has 1 saturated heterocycles. The molecule has 0 atom stereocenters. The smallest absolute Gasteiger partial charge is 0.255 e. The van der Waals surface area contributed by atoms with Crippen molar-refractivity contribution in [3.63, 3.8) is 0 Å². The van der Waals surface area contributed by atoms with Crippen LogP contribution >= 0.6 is 0 Å². The van der Waals surface area contributed by atoms with Gasteiger partial charge in [-0.25, -0.2) is 13.2 Å². The van der Waals surface area contributed by atoms with Crippen molar-refractivity contribution in [3.8, 4) is 17.0 Å². The van der Waals surface area contributed by atoms with Crippen LogP contribution < -0.4 is 4.74 Å². The van der Waals surface area contributed by atoms with Crippen molar-refractivity contribution in [1.82, 2.24) is 24.5 Å². The lowest BCUT2D eigenvalue weighted by Crippen LogP contribution is -2.33. The molecule has 3 aromatic rings. The molecule has 0 aliphatic carbocycles. The van der Waals surface area contributed by atoms with Gasteiger partial charge in [-0.3, -0.25) is 4.90 Å². The first-order valence-corrected chi connectivity index (χ1v) is 9.11. The van der Waals surface area contributed by atoms with E-state index >= 15 is 0 Å². The fourth-order valence-corrected chi connectivity index (χ4v) is 3.64. The first kappa shape index (κ1) is 18.7. The molecule has 1 aliphatic heterocycles. The van der Waals surface area contributed by atoms with Gasteiger partial charge in [-0.2, -0.15) is 19.6 Å². The topological polar surface area (TPSA) is 55.6 Å². The van der Waals surface area contributed by atoms with E-state index in [9.17, 15) is 13.2 Å². The van der Waals surface area contributed by atoms with E-state index in [0.717, 1.165) is 25.9 Å². The molecular weight excluding hydrogens is 371 g/mol. The maximum atomic E-state index is 14.6. The molecule has 2 aromatic heterocycles. The number of methoxy groups -OCH3 is 1. The lowest BCUT2D eigenvalue weighted by atomic mass is 9.98. The third kappa shape index (κ3) is 3.30. The number of hydrogen-bond acceptors (Lipinski definition) is 5. The van der Waals surface area contributed by atoms with E-state index in [4.69, 9.17) is 4.74 Å². The van der Waals surface area contributed by atoms with Crippen LogP contribution in [0.15, 0.2) is 18.5 Å². The van der Waals surface area contributed by atoms with Crippen molar-refractivity contribution in [1.29, 1.82) is 0 Å². The Kier molecular flexibility index (Phi) is 4.92. The molecule has 0 unspecified atom stereocenters. The molecule has 6 nitrogen and oxygen atoms in total. The quantitative estimate of drug-likeness (QED) is 0.682. The molecule has 1 aromatic carbocycles.